The highest BCUT2D eigenvalue weighted by molar-refractivity contribution is 5.87. The quantitative estimate of drug-likeness (QED) is 0.527. The molecule has 1 saturated heterocycles. The minimum atomic E-state index is -1.24. The number of nitrogens with one attached hydrogen (secondary N) is 2. The molecule has 31 heavy (non-hydrogen) atoms. The van der Waals surface area contributed by atoms with Gasteiger partial charge in [0.15, 0.2) is 5.43 Å². The van der Waals surface area contributed by atoms with Crippen molar-refractivity contribution in [1.82, 2.24) is 15.3 Å². The first-order chi connectivity index (χ1) is 15.0. The molecule has 2 atom stereocenters. The normalized spacial score (nSPS) is 20.7. The second kappa shape index (κ2) is 9.20. The molecule has 1 aliphatic carbocycles. The van der Waals surface area contributed by atoms with Gasteiger partial charge >= 0.3 is 5.97 Å². The molecule has 0 bridgehead atoms. The monoisotopic (exact) mass is 427 g/mol. The van der Waals surface area contributed by atoms with Crippen LogP contribution in [0.2, 0.25) is 0 Å². The van der Waals surface area contributed by atoms with Gasteiger partial charge in [0.2, 0.25) is 0 Å². The molecule has 2 aromatic heterocycles. The lowest BCUT2D eigenvalue weighted by molar-refractivity contribution is 0.0695. The molecule has 3 heterocycles. The van der Waals surface area contributed by atoms with Crippen molar-refractivity contribution in [3.05, 3.63) is 45.4 Å². The number of hydrogen-bond acceptors (Lipinski definition) is 6. The number of carbonyl (C=O) groups is 1. The Morgan fingerprint density at radius 3 is 2.65 bits per heavy atom. The third kappa shape index (κ3) is 4.80. The molecule has 1 aliphatic heterocycles. The molecule has 0 spiro atoms. The van der Waals surface area contributed by atoms with Crippen LogP contribution in [0.5, 0.6) is 5.75 Å². The number of carboxylic acids is 1. The number of aromatic amines is 1. The zero-order valence-corrected chi connectivity index (χ0v) is 17.9. The average molecular weight is 428 g/mol. The highest BCUT2D eigenvalue weighted by Gasteiger charge is 2.33. The third-order valence-corrected chi connectivity index (χ3v) is 5.91. The van der Waals surface area contributed by atoms with E-state index in [-0.39, 0.29) is 11.6 Å². The van der Waals surface area contributed by atoms with Gasteiger partial charge in [0, 0.05) is 56.0 Å². The van der Waals surface area contributed by atoms with Crippen LogP contribution < -0.4 is 15.5 Å². The molecular formula is C23H29N3O5. The Bertz CT molecular complexity index is 1010. The maximum Gasteiger partial charge on any atom is 0.341 e. The standard InChI is InChI=1S/C23H29N3O5/c1-13-4-7-17(25-13)15-10-20(31-9-3-8-30-2)21(14-5-6-14)26-22(15)18-11-19(27)16(12-24-18)23(28)29/h10-14,17,25H,3-9H2,1-2H3,(H,24,27)(H,28,29)/t13?,17-/m1/s1. The number of rotatable bonds is 9. The van der Waals surface area contributed by atoms with Crippen molar-refractivity contribution in [2.24, 2.45) is 0 Å². The number of hydrogen-bond donors (Lipinski definition) is 3. The van der Waals surface area contributed by atoms with Gasteiger partial charge in [0.05, 0.1) is 23.7 Å². The number of aromatic nitrogens is 2. The summed E-state index contributed by atoms with van der Waals surface area (Å²) in [4.78, 5) is 31.6. The summed E-state index contributed by atoms with van der Waals surface area (Å²) < 4.78 is 11.2. The van der Waals surface area contributed by atoms with E-state index in [1.54, 1.807) is 7.11 Å². The van der Waals surface area contributed by atoms with E-state index >= 15 is 0 Å². The van der Waals surface area contributed by atoms with E-state index in [1.807, 2.05) is 0 Å². The number of methoxy groups -OCH3 is 1. The van der Waals surface area contributed by atoms with Crippen LogP contribution in [0.4, 0.5) is 0 Å². The molecule has 3 N–H and O–H groups in total. The van der Waals surface area contributed by atoms with Crippen LogP contribution in [0.15, 0.2) is 23.1 Å². The van der Waals surface area contributed by atoms with Crippen LogP contribution in [-0.4, -0.2) is 47.4 Å². The van der Waals surface area contributed by atoms with Crippen molar-refractivity contribution in [2.75, 3.05) is 20.3 Å². The molecule has 1 saturated carbocycles. The summed E-state index contributed by atoms with van der Waals surface area (Å²) in [7, 11) is 1.67. The SMILES string of the molecule is COCCCOc1cc([C@H]2CCC(C)N2)c(-c2cc(=O)c(C(=O)O)c[nH]2)nc1C1CC1. The number of H-pyrrole nitrogens is 1. The van der Waals surface area contributed by atoms with E-state index in [0.29, 0.717) is 36.6 Å². The topological polar surface area (TPSA) is 114 Å². The van der Waals surface area contributed by atoms with Crippen molar-refractivity contribution in [3.63, 3.8) is 0 Å². The van der Waals surface area contributed by atoms with Crippen molar-refractivity contribution < 1.29 is 19.4 Å². The summed E-state index contributed by atoms with van der Waals surface area (Å²) in [5, 5.41) is 12.8. The maximum absolute atomic E-state index is 12.4. The fourth-order valence-electron chi connectivity index (χ4n) is 4.10. The van der Waals surface area contributed by atoms with E-state index in [0.717, 1.165) is 49.1 Å². The summed E-state index contributed by atoms with van der Waals surface area (Å²) >= 11 is 0. The molecule has 0 aromatic carbocycles. The fraction of sp³-hybridized carbons (Fsp3) is 0.522. The molecule has 8 nitrogen and oxygen atoms in total. The summed E-state index contributed by atoms with van der Waals surface area (Å²) in [6.45, 7) is 3.33. The van der Waals surface area contributed by atoms with Gasteiger partial charge in [-0.2, -0.15) is 0 Å². The predicted molar refractivity (Wildman–Crippen MR) is 116 cm³/mol. The maximum atomic E-state index is 12.4. The van der Waals surface area contributed by atoms with Gasteiger partial charge in [0.1, 0.15) is 11.3 Å². The Hall–Kier alpha value is -2.71. The highest BCUT2D eigenvalue weighted by atomic mass is 16.5. The smallest absolute Gasteiger partial charge is 0.341 e. The Balaban J connectivity index is 1.77. The Morgan fingerprint density at radius 1 is 1.23 bits per heavy atom. The summed E-state index contributed by atoms with van der Waals surface area (Å²) in [5.74, 6) is -0.0975. The van der Waals surface area contributed by atoms with Gasteiger partial charge in [-0.1, -0.05) is 0 Å². The van der Waals surface area contributed by atoms with Gasteiger partial charge in [0.25, 0.3) is 0 Å². The first-order valence-electron chi connectivity index (χ1n) is 10.9. The minimum absolute atomic E-state index is 0.0923. The summed E-state index contributed by atoms with van der Waals surface area (Å²) in [6, 6.07) is 3.88. The average Bonchev–Trinajstić information content (AvgIpc) is 3.50. The lowest BCUT2D eigenvalue weighted by atomic mass is 9.99. The predicted octanol–water partition coefficient (Wildman–Crippen LogP) is 3.24. The highest BCUT2D eigenvalue weighted by Crippen LogP contribution is 2.46. The second-order valence-corrected chi connectivity index (χ2v) is 8.41. The Kier molecular flexibility index (Phi) is 6.38. The van der Waals surface area contributed by atoms with Crippen LogP contribution >= 0.6 is 0 Å². The van der Waals surface area contributed by atoms with Gasteiger partial charge in [-0.25, -0.2) is 9.78 Å². The number of aromatic carboxylic acids is 1. The zero-order valence-electron chi connectivity index (χ0n) is 17.9. The Labute approximate surface area is 181 Å². The fourth-order valence-corrected chi connectivity index (χ4v) is 4.10. The minimum Gasteiger partial charge on any atom is -0.492 e. The summed E-state index contributed by atoms with van der Waals surface area (Å²) in [6.07, 6.45) is 6.18. The van der Waals surface area contributed by atoms with Gasteiger partial charge in [-0.3, -0.25) is 4.79 Å². The zero-order chi connectivity index (χ0) is 22.0. The number of ether oxygens (including phenoxy) is 2. The van der Waals surface area contributed by atoms with E-state index in [9.17, 15) is 14.7 Å². The van der Waals surface area contributed by atoms with Crippen molar-refractivity contribution in [2.45, 2.75) is 57.0 Å². The first-order valence-corrected chi connectivity index (χ1v) is 10.9. The molecule has 1 unspecified atom stereocenters. The molecular weight excluding hydrogens is 398 g/mol. The van der Waals surface area contributed by atoms with Crippen LogP contribution in [-0.2, 0) is 4.74 Å². The van der Waals surface area contributed by atoms with Gasteiger partial charge in [-0.05, 0) is 38.7 Å². The number of nitrogens with zero attached hydrogens (tertiary/aromatic N) is 1. The van der Waals surface area contributed by atoms with Crippen LogP contribution in [0.1, 0.15) is 72.6 Å². The third-order valence-electron chi connectivity index (χ3n) is 5.91. The molecule has 4 rings (SSSR count). The van der Waals surface area contributed by atoms with Gasteiger partial charge in [-0.15, -0.1) is 0 Å². The van der Waals surface area contributed by atoms with E-state index in [4.69, 9.17) is 14.5 Å². The molecule has 2 aromatic rings. The first kappa shape index (κ1) is 21.5. The van der Waals surface area contributed by atoms with Crippen molar-refractivity contribution >= 4 is 5.97 Å². The molecule has 2 aliphatic rings. The van der Waals surface area contributed by atoms with Crippen LogP contribution in [0.25, 0.3) is 11.4 Å². The van der Waals surface area contributed by atoms with Gasteiger partial charge < -0.3 is 24.9 Å². The second-order valence-electron chi connectivity index (χ2n) is 8.41. The lowest BCUT2D eigenvalue weighted by Gasteiger charge is -2.20. The molecule has 2 fully saturated rings. The van der Waals surface area contributed by atoms with E-state index < -0.39 is 11.4 Å². The summed E-state index contributed by atoms with van der Waals surface area (Å²) in [5.41, 5.74) is 2.28. The lowest BCUT2D eigenvalue weighted by Crippen LogP contribution is -2.22. The number of carboxylic acid groups (broad SMARTS) is 1. The van der Waals surface area contributed by atoms with E-state index in [2.05, 4.69) is 23.3 Å². The molecule has 0 radical (unpaired) electrons. The molecule has 166 valence electrons. The molecule has 0 amide bonds. The Morgan fingerprint density at radius 2 is 2.03 bits per heavy atom. The number of pyridine rings is 2. The van der Waals surface area contributed by atoms with Crippen LogP contribution in [0, 0.1) is 0 Å². The van der Waals surface area contributed by atoms with E-state index in [1.165, 1.54) is 12.3 Å². The largest absolute Gasteiger partial charge is 0.492 e. The van der Waals surface area contributed by atoms with Crippen LogP contribution in [0.3, 0.4) is 0 Å². The molecule has 8 heteroatoms. The van der Waals surface area contributed by atoms with Crippen molar-refractivity contribution in [3.8, 4) is 17.1 Å². The van der Waals surface area contributed by atoms with Crippen molar-refractivity contribution in [1.29, 1.82) is 0 Å².